The summed E-state index contributed by atoms with van der Waals surface area (Å²) in [5.74, 6) is 0.866. The molecule has 0 atom stereocenters. The van der Waals surface area contributed by atoms with Gasteiger partial charge in [0, 0.05) is 31.4 Å². The van der Waals surface area contributed by atoms with Crippen LogP contribution in [0.25, 0.3) is 0 Å². The first kappa shape index (κ1) is 20.0. The van der Waals surface area contributed by atoms with Crippen LogP contribution in [-0.2, 0) is 21.3 Å². The fourth-order valence-electron chi connectivity index (χ4n) is 2.87. The Morgan fingerprint density at radius 3 is 2.75 bits per heavy atom. The Labute approximate surface area is 162 Å². The number of nitro groups is 1. The lowest BCUT2D eigenvalue weighted by Gasteiger charge is -2.29. The van der Waals surface area contributed by atoms with Gasteiger partial charge in [-0.05, 0) is 18.2 Å². The molecule has 2 heterocycles. The van der Waals surface area contributed by atoms with Crippen molar-refractivity contribution in [1.82, 2.24) is 9.71 Å². The topological polar surface area (TPSA) is 124 Å². The Balaban J connectivity index is 1.84. The van der Waals surface area contributed by atoms with Crippen LogP contribution < -0.4 is 14.4 Å². The predicted octanol–water partition coefficient (Wildman–Crippen LogP) is 1.31. The van der Waals surface area contributed by atoms with E-state index in [2.05, 4.69) is 9.71 Å². The van der Waals surface area contributed by atoms with Crippen molar-refractivity contribution in [3.63, 3.8) is 0 Å². The molecule has 2 aromatic rings. The number of pyridine rings is 1. The summed E-state index contributed by atoms with van der Waals surface area (Å²) < 4.78 is 38.1. The predicted molar refractivity (Wildman–Crippen MR) is 101 cm³/mol. The molecule has 1 saturated heterocycles. The number of nitrogens with one attached hydrogen (secondary N) is 1. The smallest absolute Gasteiger partial charge is 0.293 e. The number of morpholine rings is 1. The quantitative estimate of drug-likeness (QED) is 0.537. The number of hydrogen-bond acceptors (Lipinski definition) is 8. The van der Waals surface area contributed by atoms with E-state index in [0.717, 1.165) is 12.1 Å². The zero-order valence-electron chi connectivity index (χ0n) is 15.2. The number of anilines is 1. The molecule has 150 valence electrons. The van der Waals surface area contributed by atoms with Crippen LogP contribution in [0, 0.1) is 10.1 Å². The van der Waals surface area contributed by atoms with Gasteiger partial charge >= 0.3 is 0 Å². The maximum Gasteiger partial charge on any atom is 0.293 e. The summed E-state index contributed by atoms with van der Waals surface area (Å²) >= 11 is 0. The zero-order valence-corrected chi connectivity index (χ0v) is 16.0. The number of ether oxygens (including phenoxy) is 2. The molecule has 1 fully saturated rings. The van der Waals surface area contributed by atoms with Gasteiger partial charge in [0.2, 0.25) is 10.0 Å². The maximum absolute atomic E-state index is 12.7. The van der Waals surface area contributed by atoms with E-state index in [1.54, 1.807) is 18.3 Å². The first-order valence-electron chi connectivity index (χ1n) is 8.51. The first-order valence-corrected chi connectivity index (χ1v) is 9.99. The van der Waals surface area contributed by atoms with Gasteiger partial charge in [0.25, 0.3) is 5.69 Å². The van der Waals surface area contributed by atoms with Gasteiger partial charge in [-0.3, -0.25) is 10.1 Å². The van der Waals surface area contributed by atoms with Crippen LogP contribution in [0.1, 0.15) is 5.56 Å². The SMILES string of the molecule is COc1ccc(S(=O)(=O)NCc2cccnc2N2CCOCC2)c([N+](=O)[O-])c1. The van der Waals surface area contributed by atoms with Gasteiger partial charge in [-0.15, -0.1) is 0 Å². The Morgan fingerprint density at radius 1 is 1.32 bits per heavy atom. The van der Waals surface area contributed by atoms with Gasteiger partial charge in [0.15, 0.2) is 4.90 Å². The molecule has 3 rings (SSSR count). The third-order valence-electron chi connectivity index (χ3n) is 4.28. The highest BCUT2D eigenvalue weighted by Gasteiger charge is 2.27. The van der Waals surface area contributed by atoms with E-state index in [0.29, 0.717) is 37.7 Å². The Hall–Kier alpha value is -2.76. The van der Waals surface area contributed by atoms with Gasteiger partial charge in [-0.25, -0.2) is 18.1 Å². The summed E-state index contributed by atoms with van der Waals surface area (Å²) in [5, 5.41) is 11.3. The van der Waals surface area contributed by atoms with E-state index in [1.807, 2.05) is 4.90 Å². The fraction of sp³-hybridized carbons (Fsp3) is 0.353. The number of sulfonamides is 1. The summed E-state index contributed by atoms with van der Waals surface area (Å²) in [7, 11) is -2.78. The van der Waals surface area contributed by atoms with Crippen molar-refractivity contribution in [3.05, 3.63) is 52.2 Å². The van der Waals surface area contributed by atoms with E-state index in [-0.39, 0.29) is 12.3 Å². The van der Waals surface area contributed by atoms with Crippen molar-refractivity contribution in [1.29, 1.82) is 0 Å². The van der Waals surface area contributed by atoms with Crippen LogP contribution in [0.5, 0.6) is 5.75 Å². The van der Waals surface area contributed by atoms with Crippen molar-refractivity contribution in [2.75, 3.05) is 38.3 Å². The number of hydrogen-bond donors (Lipinski definition) is 1. The lowest BCUT2D eigenvalue weighted by molar-refractivity contribution is -0.387. The molecule has 0 spiro atoms. The van der Waals surface area contributed by atoms with Crippen LogP contribution in [0.3, 0.4) is 0 Å². The molecular weight excluding hydrogens is 388 g/mol. The molecule has 0 radical (unpaired) electrons. The van der Waals surface area contributed by atoms with Gasteiger partial charge in [-0.2, -0.15) is 0 Å². The summed E-state index contributed by atoms with van der Waals surface area (Å²) in [6.07, 6.45) is 1.64. The van der Waals surface area contributed by atoms with Crippen LogP contribution in [0.4, 0.5) is 11.5 Å². The highest BCUT2D eigenvalue weighted by molar-refractivity contribution is 7.89. The number of methoxy groups -OCH3 is 1. The summed E-state index contributed by atoms with van der Waals surface area (Å²) in [5.41, 5.74) is 0.121. The second kappa shape index (κ2) is 8.50. The molecule has 0 bridgehead atoms. The second-order valence-corrected chi connectivity index (χ2v) is 7.74. The van der Waals surface area contributed by atoms with Gasteiger partial charge in [0.1, 0.15) is 11.6 Å². The molecular formula is C17H20N4O6S. The fourth-order valence-corrected chi connectivity index (χ4v) is 4.03. The number of nitrogens with zero attached hydrogens (tertiary/aromatic N) is 3. The molecule has 10 nitrogen and oxygen atoms in total. The van der Waals surface area contributed by atoms with Crippen molar-refractivity contribution < 1.29 is 22.8 Å². The minimum Gasteiger partial charge on any atom is -0.497 e. The first-order chi connectivity index (χ1) is 13.4. The number of rotatable bonds is 7. The third kappa shape index (κ3) is 4.38. The Bertz CT molecular complexity index is 960. The summed E-state index contributed by atoms with van der Waals surface area (Å²) in [6.45, 7) is 2.40. The molecule has 0 aliphatic carbocycles. The number of aromatic nitrogens is 1. The average Bonchev–Trinajstić information content (AvgIpc) is 2.72. The minimum atomic E-state index is -4.12. The van der Waals surface area contributed by atoms with Crippen LogP contribution in [0.2, 0.25) is 0 Å². The molecule has 1 aliphatic heterocycles. The highest BCUT2D eigenvalue weighted by Crippen LogP contribution is 2.28. The molecule has 11 heteroatoms. The van der Waals surface area contributed by atoms with Gasteiger partial charge in [-0.1, -0.05) is 6.07 Å². The average molecular weight is 408 g/mol. The van der Waals surface area contributed by atoms with Crippen molar-refractivity contribution in [2.45, 2.75) is 11.4 Å². The summed E-state index contributed by atoms with van der Waals surface area (Å²) in [4.78, 5) is 16.5. The lowest BCUT2D eigenvalue weighted by atomic mass is 10.2. The van der Waals surface area contributed by atoms with E-state index >= 15 is 0 Å². The highest BCUT2D eigenvalue weighted by atomic mass is 32.2. The zero-order chi connectivity index (χ0) is 20.1. The van der Waals surface area contributed by atoms with E-state index in [4.69, 9.17) is 9.47 Å². The molecule has 0 saturated carbocycles. The maximum atomic E-state index is 12.7. The molecule has 1 N–H and O–H groups in total. The molecule has 1 aromatic heterocycles. The molecule has 0 unspecified atom stereocenters. The van der Waals surface area contributed by atoms with E-state index < -0.39 is 25.5 Å². The largest absolute Gasteiger partial charge is 0.497 e. The molecule has 1 aromatic carbocycles. The molecule has 28 heavy (non-hydrogen) atoms. The van der Waals surface area contributed by atoms with Crippen LogP contribution >= 0.6 is 0 Å². The van der Waals surface area contributed by atoms with Crippen molar-refractivity contribution in [3.8, 4) is 5.75 Å². The standard InChI is InChI=1S/C17H20N4O6S/c1-26-14-4-5-16(15(11-14)21(22)23)28(24,25)19-12-13-3-2-6-18-17(13)20-7-9-27-10-8-20/h2-6,11,19H,7-10,12H2,1H3. The Morgan fingerprint density at radius 2 is 2.07 bits per heavy atom. The molecule has 1 aliphatic rings. The monoisotopic (exact) mass is 408 g/mol. The minimum absolute atomic E-state index is 0.0496. The second-order valence-electron chi connectivity index (χ2n) is 6.00. The Kier molecular flexibility index (Phi) is 6.07. The third-order valence-corrected chi connectivity index (χ3v) is 5.73. The van der Waals surface area contributed by atoms with Crippen molar-refractivity contribution >= 4 is 21.5 Å². The van der Waals surface area contributed by atoms with Crippen LogP contribution in [0.15, 0.2) is 41.4 Å². The molecule has 0 amide bonds. The van der Waals surface area contributed by atoms with E-state index in [9.17, 15) is 18.5 Å². The van der Waals surface area contributed by atoms with Gasteiger partial charge < -0.3 is 14.4 Å². The lowest BCUT2D eigenvalue weighted by Crippen LogP contribution is -2.37. The van der Waals surface area contributed by atoms with E-state index in [1.165, 1.54) is 13.2 Å². The van der Waals surface area contributed by atoms with Crippen LogP contribution in [-0.4, -0.2) is 51.7 Å². The van der Waals surface area contributed by atoms with Gasteiger partial charge in [0.05, 0.1) is 31.3 Å². The number of nitro benzene ring substituents is 1. The van der Waals surface area contributed by atoms with Crippen molar-refractivity contribution in [2.24, 2.45) is 0 Å². The summed E-state index contributed by atoms with van der Waals surface area (Å²) in [6, 6.07) is 7.08. The normalized spacial score (nSPS) is 14.7. The number of benzene rings is 1.